The largest absolute Gasteiger partial charge is 0.336 e. The molecule has 0 unspecified atom stereocenters. The van der Waals surface area contributed by atoms with Crippen molar-refractivity contribution in [2.45, 2.75) is 13.5 Å². The van der Waals surface area contributed by atoms with Gasteiger partial charge in [-0.05, 0) is 31.2 Å². The summed E-state index contributed by atoms with van der Waals surface area (Å²) in [6, 6.07) is 9.01. The maximum absolute atomic E-state index is 13.6. The Balaban J connectivity index is 2.19. The van der Waals surface area contributed by atoms with Crippen molar-refractivity contribution in [3.05, 3.63) is 65.0 Å². The van der Waals surface area contributed by atoms with Crippen LogP contribution < -0.4 is 0 Å². The van der Waals surface area contributed by atoms with Gasteiger partial charge in [-0.25, -0.2) is 8.78 Å². The Morgan fingerprint density at radius 1 is 1.20 bits per heavy atom. The van der Waals surface area contributed by atoms with Crippen LogP contribution in [0.3, 0.4) is 0 Å². The summed E-state index contributed by atoms with van der Waals surface area (Å²) in [4.78, 5) is 17.7. The van der Waals surface area contributed by atoms with E-state index in [0.29, 0.717) is 5.69 Å². The third kappa shape index (κ3) is 2.99. The molecular weight excluding hydrogens is 262 g/mol. The Morgan fingerprint density at radius 2 is 1.90 bits per heavy atom. The zero-order valence-corrected chi connectivity index (χ0v) is 11.2. The Labute approximate surface area is 115 Å². The van der Waals surface area contributed by atoms with Gasteiger partial charge in [-0.1, -0.05) is 12.1 Å². The summed E-state index contributed by atoms with van der Waals surface area (Å²) in [6.45, 7) is 2.08. The van der Waals surface area contributed by atoms with Crippen molar-refractivity contribution >= 4 is 5.91 Å². The van der Waals surface area contributed by atoms with Gasteiger partial charge in [0.2, 0.25) is 0 Å². The molecule has 0 spiro atoms. The van der Waals surface area contributed by atoms with Crippen molar-refractivity contribution in [1.82, 2.24) is 9.88 Å². The van der Waals surface area contributed by atoms with Gasteiger partial charge in [0, 0.05) is 12.7 Å². The van der Waals surface area contributed by atoms with E-state index in [4.69, 9.17) is 0 Å². The fourth-order valence-electron chi connectivity index (χ4n) is 1.88. The molecule has 2 aromatic rings. The molecule has 0 aliphatic rings. The lowest BCUT2D eigenvalue weighted by molar-refractivity contribution is 0.0777. The van der Waals surface area contributed by atoms with Gasteiger partial charge in [0.1, 0.15) is 0 Å². The molecule has 1 aromatic carbocycles. The second-order valence-electron chi connectivity index (χ2n) is 4.53. The van der Waals surface area contributed by atoms with Gasteiger partial charge in [-0.2, -0.15) is 0 Å². The van der Waals surface area contributed by atoms with Gasteiger partial charge in [-0.15, -0.1) is 0 Å². The Morgan fingerprint density at radius 3 is 2.60 bits per heavy atom. The molecule has 2 rings (SSSR count). The first-order chi connectivity index (χ1) is 9.49. The number of aryl methyl sites for hydroxylation is 1. The second kappa shape index (κ2) is 5.77. The van der Waals surface area contributed by atoms with Gasteiger partial charge in [0.05, 0.1) is 17.8 Å². The van der Waals surface area contributed by atoms with Crippen LogP contribution in [-0.4, -0.2) is 22.8 Å². The number of aromatic nitrogens is 1. The lowest BCUT2D eigenvalue weighted by atomic mass is 10.1. The molecule has 0 aliphatic heterocycles. The smallest absolute Gasteiger partial charge is 0.257 e. The Kier molecular flexibility index (Phi) is 4.08. The second-order valence-corrected chi connectivity index (χ2v) is 4.53. The van der Waals surface area contributed by atoms with E-state index in [9.17, 15) is 13.6 Å². The van der Waals surface area contributed by atoms with Gasteiger partial charge in [0.15, 0.2) is 11.6 Å². The molecule has 1 heterocycles. The summed E-state index contributed by atoms with van der Waals surface area (Å²) in [6.07, 6.45) is 0. The lowest BCUT2D eigenvalue weighted by Crippen LogP contribution is -2.27. The molecule has 5 heteroatoms. The molecule has 0 bridgehead atoms. The number of halogens is 2. The first-order valence-electron chi connectivity index (χ1n) is 6.11. The number of rotatable bonds is 3. The minimum Gasteiger partial charge on any atom is -0.336 e. The first-order valence-corrected chi connectivity index (χ1v) is 6.11. The molecule has 0 aliphatic carbocycles. The fraction of sp³-hybridized carbons (Fsp3) is 0.200. The highest BCUT2D eigenvalue weighted by Crippen LogP contribution is 2.14. The number of carbonyl (C=O) groups excluding carboxylic acids is 1. The van der Waals surface area contributed by atoms with E-state index >= 15 is 0 Å². The van der Waals surface area contributed by atoms with Gasteiger partial charge >= 0.3 is 0 Å². The standard InChI is InChI=1S/C15H14F2N2O/c1-10-5-3-6-11(18-10)9-19(2)15(20)12-7-4-8-13(16)14(12)17/h3-8H,9H2,1-2H3. The van der Waals surface area contributed by atoms with Crippen LogP contribution in [-0.2, 0) is 6.54 Å². The summed E-state index contributed by atoms with van der Waals surface area (Å²) in [7, 11) is 1.52. The minimum atomic E-state index is -1.12. The van der Waals surface area contributed by atoms with Crippen LogP contribution in [0.1, 0.15) is 21.7 Å². The van der Waals surface area contributed by atoms with Crippen LogP contribution in [0.4, 0.5) is 8.78 Å². The molecule has 0 fully saturated rings. The monoisotopic (exact) mass is 276 g/mol. The maximum atomic E-state index is 13.6. The predicted molar refractivity (Wildman–Crippen MR) is 71.1 cm³/mol. The molecule has 1 amide bonds. The third-order valence-corrected chi connectivity index (χ3v) is 2.87. The maximum Gasteiger partial charge on any atom is 0.257 e. The molecule has 0 radical (unpaired) electrons. The molecule has 0 saturated carbocycles. The summed E-state index contributed by atoms with van der Waals surface area (Å²) < 4.78 is 26.7. The molecule has 104 valence electrons. The number of amides is 1. The van der Waals surface area contributed by atoms with Crippen molar-refractivity contribution in [1.29, 1.82) is 0 Å². The molecule has 3 nitrogen and oxygen atoms in total. The number of nitrogens with zero attached hydrogens (tertiary/aromatic N) is 2. The van der Waals surface area contributed by atoms with Crippen molar-refractivity contribution in [3.8, 4) is 0 Å². The van der Waals surface area contributed by atoms with Crippen LogP contribution in [0.5, 0.6) is 0 Å². The van der Waals surface area contributed by atoms with E-state index in [0.717, 1.165) is 11.8 Å². The van der Waals surface area contributed by atoms with Crippen molar-refractivity contribution in [2.24, 2.45) is 0 Å². The number of pyridine rings is 1. The lowest BCUT2D eigenvalue weighted by Gasteiger charge is -2.17. The molecule has 1 aromatic heterocycles. The highest BCUT2D eigenvalue weighted by molar-refractivity contribution is 5.94. The molecule has 20 heavy (non-hydrogen) atoms. The van der Waals surface area contributed by atoms with E-state index in [2.05, 4.69) is 4.98 Å². The normalized spacial score (nSPS) is 10.4. The van der Waals surface area contributed by atoms with Crippen LogP contribution in [0.15, 0.2) is 36.4 Å². The van der Waals surface area contributed by atoms with E-state index in [1.165, 1.54) is 24.1 Å². The number of benzene rings is 1. The van der Waals surface area contributed by atoms with Crippen molar-refractivity contribution in [3.63, 3.8) is 0 Å². The molecular formula is C15H14F2N2O. The predicted octanol–water partition coefficient (Wildman–Crippen LogP) is 2.94. The molecule has 0 N–H and O–H groups in total. The Bertz CT molecular complexity index is 644. The third-order valence-electron chi connectivity index (χ3n) is 2.87. The number of carbonyl (C=O) groups is 1. The fourth-order valence-corrected chi connectivity index (χ4v) is 1.88. The summed E-state index contributed by atoms with van der Waals surface area (Å²) in [5.74, 6) is -2.73. The molecule has 0 atom stereocenters. The zero-order chi connectivity index (χ0) is 14.7. The van der Waals surface area contributed by atoms with E-state index in [-0.39, 0.29) is 12.1 Å². The van der Waals surface area contributed by atoms with Crippen LogP contribution >= 0.6 is 0 Å². The Hall–Kier alpha value is -2.30. The summed E-state index contributed by atoms with van der Waals surface area (Å²) >= 11 is 0. The van der Waals surface area contributed by atoms with E-state index in [1.807, 2.05) is 19.1 Å². The minimum absolute atomic E-state index is 0.233. The van der Waals surface area contributed by atoms with E-state index in [1.54, 1.807) is 6.07 Å². The van der Waals surface area contributed by atoms with Crippen LogP contribution in [0.25, 0.3) is 0 Å². The van der Waals surface area contributed by atoms with Crippen molar-refractivity contribution in [2.75, 3.05) is 7.05 Å². The highest BCUT2D eigenvalue weighted by Gasteiger charge is 2.19. The number of hydrogen-bond acceptors (Lipinski definition) is 2. The first kappa shape index (κ1) is 14.1. The summed E-state index contributed by atoms with van der Waals surface area (Å²) in [5, 5.41) is 0. The molecule has 0 saturated heterocycles. The van der Waals surface area contributed by atoms with Crippen LogP contribution in [0, 0.1) is 18.6 Å². The van der Waals surface area contributed by atoms with Gasteiger partial charge in [-0.3, -0.25) is 9.78 Å². The van der Waals surface area contributed by atoms with Gasteiger partial charge in [0.25, 0.3) is 5.91 Å². The number of hydrogen-bond donors (Lipinski definition) is 0. The van der Waals surface area contributed by atoms with Crippen LogP contribution in [0.2, 0.25) is 0 Å². The average Bonchev–Trinajstić information content (AvgIpc) is 2.41. The average molecular weight is 276 g/mol. The quantitative estimate of drug-likeness (QED) is 0.863. The zero-order valence-electron chi connectivity index (χ0n) is 11.2. The summed E-state index contributed by atoms with van der Waals surface area (Å²) in [5.41, 5.74) is 1.25. The highest BCUT2D eigenvalue weighted by atomic mass is 19.2. The van der Waals surface area contributed by atoms with Crippen molar-refractivity contribution < 1.29 is 13.6 Å². The topological polar surface area (TPSA) is 33.2 Å². The van der Waals surface area contributed by atoms with Gasteiger partial charge < -0.3 is 4.90 Å². The SMILES string of the molecule is Cc1cccc(CN(C)C(=O)c2cccc(F)c2F)n1. The van der Waals surface area contributed by atoms with E-state index < -0.39 is 17.5 Å².